The van der Waals surface area contributed by atoms with Crippen molar-refractivity contribution in [3.63, 3.8) is 0 Å². The summed E-state index contributed by atoms with van der Waals surface area (Å²) >= 11 is 0. The van der Waals surface area contributed by atoms with Crippen molar-refractivity contribution in [1.82, 2.24) is 15.3 Å². The van der Waals surface area contributed by atoms with Crippen LogP contribution in [0.25, 0.3) is 0 Å². The Balaban J connectivity index is 2.28. The van der Waals surface area contributed by atoms with Crippen molar-refractivity contribution in [2.24, 2.45) is 11.7 Å². The summed E-state index contributed by atoms with van der Waals surface area (Å²) in [4.78, 5) is 14.0. The van der Waals surface area contributed by atoms with Gasteiger partial charge in [0.15, 0.2) is 0 Å². The molecule has 1 amide bonds. The Bertz CT molecular complexity index is 224. The highest BCUT2D eigenvalue weighted by Crippen LogP contribution is 2.03. The van der Waals surface area contributed by atoms with Gasteiger partial charge in [-0.2, -0.15) is 0 Å². The Kier molecular flexibility index (Phi) is 5.18. The average Bonchev–Trinajstić information content (AvgIpc) is 2.20. The topological polar surface area (TPSA) is 61.6 Å². The fraction of sp³-hybridized carbons (Fsp3) is 0.909. The van der Waals surface area contributed by atoms with E-state index in [1.165, 1.54) is 0 Å². The number of nitrogens with two attached hydrogens (primary N) is 1. The monoisotopic (exact) mass is 228 g/mol. The lowest BCUT2D eigenvalue weighted by molar-refractivity contribution is -0.128. The second-order valence-corrected chi connectivity index (χ2v) is 5.00. The number of carbonyl (C=O) groups excluding carboxylic acids is 1. The number of piperazine rings is 1. The zero-order valence-electron chi connectivity index (χ0n) is 10.6. The summed E-state index contributed by atoms with van der Waals surface area (Å²) in [5.74, 6) is 0.395. The second-order valence-electron chi connectivity index (χ2n) is 5.00. The minimum atomic E-state index is -0.389. The molecule has 0 spiro atoms. The molecule has 1 heterocycles. The van der Waals surface area contributed by atoms with Crippen molar-refractivity contribution in [2.75, 3.05) is 33.2 Å². The van der Waals surface area contributed by atoms with E-state index in [4.69, 9.17) is 5.73 Å². The molecule has 5 nitrogen and oxygen atoms in total. The van der Waals surface area contributed by atoms with Gasteiger partial charge in [-0.05, 0) is 19.4 Å². The molecule has 1 saturated heterocycles. The lowest BCUT2D eigenvalue weighted by Gasteiger charge is -2.33. The van der Waals surface area contributed by atoms with Gasteiger partial charge in [0, 0.05) is 26.2 Å². The lowest BCUT2D eigenvalue weighted by Crippen LogP contribution is -2.56. The third-order valence-electron chi connectivity index (χ3n) is 2.83. The first-order chi connectivity index (χ1) is 7.49. The molecule has 0 aliphatic carbocycles. The van der Waals surface area contributed by atoms with Gasteiger partial charge in [0.25, 0.3) is 5.91 Å². The summed E-state index contributed by atoms with van der Waals surface area (Å²) in [6.07, 6.45) is 0.736. The number of nitrogens with zero attached hydrogens (tertiary/aromatic N) is 2. The van der Waals surface area contributed by atoms with Gasteiger partial charge in [0.2, 0.25) is 0 Å². The standard InChI is InChI=1S/C11H24N4O/c1-9(2)8-10(12)11(16)13-15-6-4-14(3)5-7-15/h9-10H,4-8,12H2,1-3H3,(H,13,16)/t10-/m1/s1. The molecule has 0 saturated carbocycles. The highest BCUT2D eigenvalue weighted by molar-refractivity contribution is 5.80. The summed E-state index contributed by atoms with van der Waals surface area (Å²) in [5, 5.41) is 1.96. The predicted octanol–water partition coefficient (Wildman–Crippen LogP) is -0.362. The Morgan fingerprint density at radius 1 is 1.31 bits per heavy atom. The molecule has 0 unspecified atom stereocenters. The lowest BCUT2D eigenvalue weighted by atomic mass is 10.0. The van der Waals surface area contributed by atoms with E-state index in [1.807, 2.05) is 5.01 Å². The fourth-order valence-electron chi connectivity index (χ4n) is 1.77. The van der Waals surface area contributed by atoms with E-state index in [-0.39, 0.29) is 11.9 Å². The molecule has 0 aromatic heterocycles. The largest absolute Gasteiger partial charge is 0.320 e. The number of hydrazine groups is 1. The third kappa shape index (κ3) is 4.47. The molecule has 1 atom stereocenters. The molecule has 16 heavy (non-hydrogen) atoms. The minimum Gasteiger partial charge on any atom is -0.320 e. The molecule has 5 heteroatoms. The zero-order chi connectivity index (χ0) is 12.1. The van der Waals surface area contributed by atoms with Gasteiger partial charge in [-0.3, -0.25) is 10.2 Å². The summed E-state index contributed by atoms with van der Waals surface area (Å²) in [7, 11) is 2.09. The van der Waals surface area contributed by atoms with Crippen molar-refractivity contribution in [3.05, 3.63) is 0 Å². The van der Waals surface area contributed by atoms with E-state index in [0.29, 0.717) is 5.92 Å². The molecule has 3 N–H and O–H groups in total. The maximum Gasteiger partial charge on any atom is 0.251 e. The molecule has 1 fully saturated rings. The van der Waals surface area contributed by atoms with Crippen molar-refractivity contribution in [1.29, 1.82) is 0 Å². The Morgan fingerprint density at radius 2 is 1.88 bits per heavy atom. The molecular formula is C11H24N4O. The predicted molar refractivity (Wildman–Crippen MR) is 64.6 cm³/mol. The van der Waals surface area contributed by atoms with Crippen LogP contribution in [0.1, 0.15) is 20.3 Å². The van der Waals surface area contributed by atoms with Crippen LogP contribution in [-0.4, -0.2) is 55.1 Å². The summed E-state index contributed by atoms with van der Waals surface area (Å²) in [5.41, 5.74) is 8.70. The first-order valence-electron chi connectivity index (χ1n) is 5.98. The summed E-state index contributed by atoms with van der Waals surface area (Å²) in [6, 6.07) is -0.389. The maximum atomic E-state index is 11.7. The molecule has 1 aliphatic rings. The zero-order valence-corrected chi connectivity index (χ0v) is 10.6. The minimum absolute atomic E-state index is 0.0572. The Morgan fingerprint density at radius 3 is 2.38 bits per heavy atom. The molecule has 0 radical (unpaired) electrons. The van der Waals surface area contributed by atoms with E-state index in [0.717, 1.165) is 32.6 Å². The molecule has 94 valence electrons. The highest BCUT2D eigenvalue weighted by atomic mass is 16.2. The van der Waals surface area contributed by atoms with Crippen LogP contribution < -0.4 is 11.2 Å². The van der Waals surface area contributed by atoms with Crippen LogP contribution >= 0.6 is 0 Å². The number of nitrogens with one attached hydrogen (secondary N) is 1. The van der Waals surface area contributed by atoms with Crippen LogP contribution in [0.3, 0.4) is 0 Å². The van der Waals surface area contributed by atoms with E-state index in [1.54, 1.807) is 0 Å². The van der Waals surface area contributed by atoms with Crippen LogP contribution in [-0.2, 0) is 4.79 Å². The van der Waals surface area contributed by atoms with Crippen LogP contribution in [0.5, 0.6) is 0 Å². The van der Waals surface area contributed by atoms with Crippen molar-refractivity contribution in [3.8, 4) is 0 Å². The Labute approximate surface area is 97.9 Å². The second kappa shape index (κ2) is 6.18. The molecule has 0 bridgehead atoms. The Hall–Kier alpha value is -0.650. The molecular weight excluding hydrogens is 204 g/mol. The van der Waals surface area contributed by atoms with Gasteiger partial charge >= 0.3 is 0 Å². The molecule has 0 aromatic rings. The highest BCUT2D eigenvalue weighted by Gasteiger charge is 2.20. The first kappa shape index (κ1) is 13.4. The van der Waals surface area contributed by atoms with Gasteiger partial charge in [0.1, 0.15) is 0 Å². The average molecular weight is 228 g/mol. The van der Waals surface area contributed by atoms with Crippen molar-refractivity contribution in [2.45, 2.75) is 26.3 Å². The van der Waals surface area contributed by atoms with Crippen LogP contribution in [0, 0.1) is 5.92 Å². The first-order valence-corrected chi connectivity index (χ1v) is 5.98. The quantitative estimate of drug-likeness (QED) is 0.690. The summed E-state index contributed by atoms with van der Waals surface area (Å²) in [6.45, 7) is 7.86. The van der Waals surface area contributed by atoms with Crippen LogP contribution in [0.2, 0.25) is 0 Å². The summed E-state index contributed by atoms with van der Waals surface area (Å²) < 4.78 is 0. The van der Waals surface area contributed by atoms with Crippen LogP contribution in [0.15, 0.2) is 0 Å². The SMILES string of the molecule is CC(C)C[C@@H](N)C(=O)NN1CCN(C)CC1. The van der Waals surface area contributed by atoms with Crippen molar-refractivity contribution < 1.29 is 4.79 Å². The molecule has 1 rings (SSSR count). The van der Waals surface area contributed by atoms with Gasteiger partial charge in [-0.1, -0.05) is 13.8 Å². The fourth-order valence-corrected chi connectivity index (χ4v) is 1.77. The van der Waals surface area contributed by atoms with E-state index < -0.39 is 0 Å². The van der Waals surface area contributed by atoms with Gasteiger partial charge in [-0.15, -0.1) is 0 Å². The number of hydrogen-bond acceptors (Lipinski definition) is 4. The molecule has 1 aliphatic heterocycles. The smallest absolute Gasteiger partial charge is 0.251 e. The number of amides is 1. The third-order valence-corrected chi connectivity index (χ3v) is 2.83. The maximum absolute atomic E-state index is 11.7. The molecule has 0 aromatic carbocycles. The number of rotatable bonds is 4. The van der Waals surface area contributed by atoms with E-state index >= 15 is 0 Å². The van der Waals surface area contributed by atoms with Crippen molar-refractivity contribution >= 4 is 5.91 Å². The number of carbonyl (C=O) groups is 1. The normalized spacial score (nSPS) is 21.1. The number of hydrogen-bond donors (Lipinski definition) is 2. The number of likely N-dealkylation sites (N-methyl/N-ethyl adjacent to an activating group) is 1. The van der Waals surface area contributed by atoms with Crippen LogP contribution in [0.4, 0.5) is 0 Å². The van der Waals surface area contributed by atoms with E-state index in [2.05, 4.69) is 31.2 Å². The van der Waals surface area contributed by atoms with Gasteiger partial charge < -0.3 is 10.6 Å². The van der Waals surface area contributed by atoms with Gasteiger partial charge in [0.05, 0.1) is 6.04 Å². The van der Waals surface area contributed by atoms with E-state index in [9.17, 15) is 4.79 Å². The van der Waals surface area contributed by atoms with Gasteiger partial charge in [-0.25, -0.2) is 5.01 Å².